The normalized spacial score (nSPS) is 11.5. The topological polar surface area (TPSA) is 85.8 Å². The molecule has 6 nitrogen and oxygen atoms in total. The molecule has 1 amide bonds. The average molecular weight is 354 g/mol. The van der Waals surface area contributed by atoms with Crippen molar-refractivity contribution < 1.29 is 4.79 Å². The number of hydrogen-bond acceptors (Lipinski definition) is 5. The highest BCUT2D eigenvalue weighted by atomic mass is 35.5. The number of anilines is 1. The van der Waals surface area contributed by atoms with Crippen molar-refractivity contribution in [1.29, 1.82) is 0 Å². The Bertz CT molecular complexity index is 723. The molecular formula is C15H20ClN5OS. The fourth-order valence-electron chi connectivity index (χ4n) is 1.88. The van der Waals surface area contributed by atoms with Crippen molar-refractivity contribution in [1.82, 2.24) is 14.9 Å². The van der Waals surface area contributed by atoms with Crippen molar-refractivity contribution in [3.63, 3.8) is 0 Å². The van der Waals surface area contributed by atoms with Crippen LogP contribution in [0.1, 0.15) is 32.2 Å². The van der Waals surface area contributed by atoms with E-state index < -0.39 is 0 Å². The van der Waals surface area contributed by atoms with Gasteiger partial charge in [-0.05, 0) is 24.6 Å². The largest absolute Gasteiger partial charge is 0.336 e. The highest BCUT2D eigenvalue weighted by Gasteiger charge is 2.23. The maximum absolute atomic E-state index is 12.0. The minimum absolute atomic E-state index is 0.157. The van der Waals surface area contributed by atoms with Gasteiger partial charge in [0.05, 0.1) is 5.75 Å². The molecule has 1 heterocycles. The Morgan fingerprint density at radius 2 is 2.09 bits per heavy atom. The number of rotatable bonds is 4. The summed E-state index contributed by atoms with van der Waals surface area (Å²) in [6.07, 6.45) is 0. The Morgan fingerprint density at radius 1 is 1.39 bits per heavy atom. The van der Waals surface area contributed by atoms with Crippen LogP contribution in [-0.2, 0) is 10.2 Å². The van der Waals surface area contributed by atoms with E-state index in [1.807, 2.05) is 39.8 Å². The molecule has 0 atom stereocenters. The number of benzene rings is 1. The SMILES string of the molecule is Cc1ccc(NC(=O)CSc2nnc(C(C)(C)C)n2N)cc1Cl. The first-order valence-corrected chi connectivity index (χ1v) is 8.44. The molecular weight excluding hydrogens is 334 g/mol. The van der Waals surface area contributed by atoms with Gasteiger partial charge >= 0.3 is 0 Å². The van der Waals surface area contributed by atoms with Gasteiger partial charge in [-0.15, -0.1) is 10.2 Å². The van der Waals surface area contributed by atoms with E-state index in [1.54, 1.807) is 6.07 Å². The second kappa shape index (κ2) is 6.80. The van der Waals surface area contributed by atoms with Crippen LogP contribution in [-0.4, -0.2) is 26.5 Å². The molecule has 23 heavy (non-hydrogen) atoms. The summed E-state index contributed by atoms with van der Waals surface area (Å²) in [6.45, 7) is 7.92. The van der Waals surface area contributed by atoms with Crippen LogP contribution < -0.4 is 11.2 Å². The minimum atomic E-state index is -0.207. The fourth-order valence-corrected chi connectivity index (χ4v) is 2.72. The zero-order chi connectivity index (χ0) is 17.2. The first kappa shape index (κ1) is 17.6. The van der Waals surface area contributed by atoms with Gasteiger partial charge in [0.2, 0.25) is 11.1 Å². The van der Waals surface area contributed by atoms with E-state index in [1.165, 1.54) is 16.4 Å². The molecule has 2 aromatic rings. The summed E-state index contributed by atoms with van der Waals surface area (Å²) in [6, 6.07) is 5.40. The summed E-state index contributed by atoms with van der Waals surface area (Å²) in [4.78, 5) is 12.0. The Kier molecular flexibility index (Phi) is 5.21. The summed E-state index contributed by atoms with van der Waals surface area (Å²) >= 11 is 7.28. The number of halogens is 1. The molecule has 0 aliphatic carbocycles. The van der Waals surface area contributed by atoms with Gasteiger partial charge in [0.15, 0.2) is 5.82 Å². The molecule has 1 aromatic carbocycles. The Balaban J connectivity index is 1.97. The summed E-state index contributed by atoms with van der Waals surface area (Å²) in [5.41, 5.74) is 1.42. The van der Waals surface area contributed by atoms with Crippen LogP contribution in [0.2, 0.25) is 5.02 Å². The molecule has 1 aromatic heterocycles. The lowest BCUT2D eigenvalue weighted by atomic mass is 9.96. The fraction of sp³-hybridized carbons (Fsp3) is 0.400. The average Bonchev–Trinajstić information content (AvgIpc) is 2.82. The highest BCUT2D eigenvalue weighted by molar-refractivity contribution is 7.99. The molecule has 0 fully saturated rings. The van der Waals surface area contributed by atoms with Gasteiger partial charge < -0.3 is 11.2 Å². The van der Waals surface area contributed by atoms with Crippen LogP contribution in [0.25, 0.3) is 0 Å². The number of thioether (sulfide) groups is 1. The van der Waals surface area contributed by atoms with Gasteiger partial charge in [0.1, 0.15) is 0 Å². The molecule has 0 bridgehead atoms. The number of nitrogens with two attached hydrogens (primary N) is 1. The molecule has 0 spiro atoms. The van der Waals surface area contributed by atoms with E-state index in [4.69, 9.17) is 17.4 Å². The predicted molar refractivity (Wildman–Crippen MR) is 94.4 cm³/mol. The monoisotopic (exact) mass is 353 g/mol. The lowest BCUT2D eigenvalue weighted by molar-refractivity contribution is -0.113. The highest BCUT2D eigenvalue weighted by Crippen LogP contribution is 2.24. The van der Waals surface area contributed by atoms with E-state index in [9.17, 15) is 4.79 Å². The molecule has 0 radical (unpaired) electrons. The quantitative estimate of drug-likeness (QED) is 0.652. The molecule has 0 saturated heterocycles. The van der Waals surface area contributed by atoms with Crippen LogP contribution in [0.5, 0.6) is 0 Å². The van der Waals surface area contributed by atoms with Gasteiger partial charge in [-0.3, -0.25) is 4.79 Å². The molecule has 2 rings (SSSR count). The van der Waals surface area contributed by atoms with E-state index in [-0.39, 0.29) is 17.1 Å². The molecule has 124 valence electrons. The molecule has 0 aliphatic heterocycles. The molecule has 8 heteroatoms. The van der Waals surface area contributed by atoms with Gasteiger partial charge in [-0.1, -0.05) is 50.2 Å². The molecule has 0 aliphatic rings. The van der Waals surface area contributed by atoms with Gasteiger partial charge in [0, 0.05) is 16.1 Å². The Hall–Kier alpha value is -1.73. The number of nitrogens with one attached hydrogen (secondary N) is 1. The lowest BCUT2D eigenvalue weighted by Gasteiger charge is -2.16. The molecule has 3 N–H and O–H groups in total. The third kappa shape index (κ3) is 4.39. The maximum atomic E-state index is 12.0. The van der Waals surface area contributed by atoms with Crippen LogP contribution in [0.3, 0.4) is 0 Å². The smallest absolute Gasteiger partial charge is 0.234 e. The zero-order valence-corrected chi connectivity index (χ0v) is 15.1. The maximum Gasteiger partial charge on any atom is 0.234 e. The number of aryl methyl sites for hydroxylation is 1. The van der Waals surface area contributed by atoms with Crippen molar-refractivity contribution in [2.24, 2.45) is 0 Å². The van der Waals surface area contributed by atoms with Crippen LogP contribution >= 0.6 is 23.4 Å². The first-order valence-electron chi connectivity index (χ1n) is 7.08. The number of nitrogens with zero attached hydrogens (tertiary/aromatic N) is 3. The zero-order valence-electron chi connectivity index (χ0n) is 13.6. The summed E-state index contributed by atoms with van der Waals surface area (Å²) in [7, 11) is 0. The van der Waals surface area contributed by atoms with Crippen molar-refractivity contribution in [2.75, 3.05) is 16.9 Å². The van der Waals surface area contributed by atoms with Crippen LogP contribution in [0.4, 0.5) is 5.69 Å². The number of hydrogen-bond donors (Lipinski definition) is 2. The number of nitrogen functional groups attached to an aromatic ring is 1. The molecule has 0 saturated carbocycles. The number of carbonyl (C=O) groups is 1. The third-order valence-corrected chi connectivity index (χ3v) is 4.47. The van der Waals surface area contributed by atoms with E-state index in [0.717, 1.165) is 5.56 Å². The van der Waals surface area contributed by atoms with Gasteiger partial charge in [-0.25, -0.2) is 4.68 Å². The van der Waals surface area contributed by atoms with Crippen LogP contribution in [0.15, 0.2) is 23.4 Å². The minimum Gasteiger partial charge on any atom is -0.336 e. The number of amides is 1. The predicted octanol–water partition coefficient (Wildman–Crippen LogP) is 2.98. The van der Waals surface area contributed by atoms with Gasteiger partial charge in [0.25, 0.3) is 0 Å². The first-order chi connectivity index (χ1) is 10.7. The summed E-state index contributed by atoms with van der Waals surface area (Å²) < 4.78 is 1.43. The van der Waals surface area contributed by atoms with Gasteiger partial charge in [-0.2, -0.15) is 0 Å². The summed E-state index contributed by atoms with van der Waals surface area (Å²) in [5, 5.41) is 12.0. The van der Waals surface area contributed by atoms with E-state index in [0.29, 0.717) is 21.7 Å². The number of carbonyl (C=O) groups excluding carboxylic acids is 1. The lowest BCUT2D eigenvalue weighted by Crippen LogP contribution is -2.24. The second-order valence-electron chi connectivity index (χ2n) is 6.23. The standard InChI is InChI=1S/C15H20ClN5OS/c1-9-5-6-10(7-11(9)16)18-12(22)8-23-14-20-19-13(21(14)17)15(2,3)4/h5-7H,8,17H2,1-4H3,(H,18,22). The Morgan fingerprint density at radius 3 is 2.65 bits per heavy atom. The third-order valence-electron chi connectivity index (χ3n) is 3.12. The van der Waals surface area contributed by atoms with Crippen molar-refractivity contribution in [3.05, 3.63) is 34.6 Å². The van der Waals surface area contributed by atoms with E-state index >= 15 is 0 Å². The van der Waals surface area contributed by atoms with Crippen molar-refractivity contribution in [2.45, 2.75) is 38.3 Å². The Labute approximate surface area is 144 Å². The van der Waals surface area contributed by atoms with E-state index in [2.05, 4.69) is 15.5 Å². The summed E-state index contributed by atoms with van der Waals surface area (Å²) in [5.74, 6) is 6.69. The van der Waals surface area contributed by atoms with Crippen LogP contribution in [0, 0.1) is 6.92 Å². The van der Waals surface area contributed by atoms with Crippen molar-refractivity contribution in [3.8, 4) is 0 Å². The van der Waals surface area contributed by atoms with Crippen molar-refractivity contribution >= 4 is 35.0 Å². The second-order valence-corrected chi connectivity index (χ2v) is 7.58. The number of aromatic nitrogens is 3. The molecule has 0 unspecified atom stereocenters.